The Labute approximate surface area is 129 Å². The molecule has 0 bridgehead atoms. The molecular formula is C12H20ClN3O4S. The summed E-state index contributed by atoms with van der Waals surface area (Å²) in [4.78, 5) is 3.97. The van der Waals surface area contributed by atoms with Crippen LogP contribution >= 0.6 is 11.6 Å². The van der Waals surface area contributed by atoms with Crippen molar-refractivity contribution in [2.24, 2.45) is 0 Å². The molecule has 9 heteroatoms. The third-order valence-electron chi connectivity index (χ3n) is 2.70. The molecule has 1 atom stereocenters. The second kappa shape index (κ2) is 7.90. The quantitative estimate of drug-likeness (QED) is 0.729. The molecule has 0 aliphatic carbocycles. The molecule has 0 saturated carbocycles. The van der Waals surface area contributed by atoms with Crippen molar-refractivity contribution in [3.8, 4) is 0 Å². The molecule has 0 radical (unpaired) electrons. The van der Waals surface area contributed by atoms with Crippen molar-refractivity contribution in [1.82, 2.24) is 9.29 Å². The van der Waals surface area contributed by atoms with E-state index in [-0.39, 0.29) is 23.1 Å². The third-order valence-corrected chi connectivity index (χ3v) is 4.77. The molecule has 1 rings (SSSR count). The van der Waals surface area contributed by atoms with Crippen molar-refractivity contribution in [3.05, 3.63) is 17.3 Å². The molecule has 7 nitrogen and oxygen atoms in total. The van der Waals surface area contributed by atoms with Gasteiger partial charge in [-0.25, -0.2) is 13.4 Å². The number of hydrogen-bond donors (Lipinski definition) is 2. The number of anilines is 1. The van der Waals surface area contributed by atoms with Crippen LogP contribution in [0.3, 0.4) is 0 Å². The van der Waals surface area contributed by atoms with Gasteiger partial charge in [0.15, 0.2) is 0 Å². The molecule has 0 fully saturated rings. The predicted octanol–water partition coefficient (Wildman–Crippen LogP) is 0.795. The number of nitrogens with one attached hydrogen (secondary N) is 1. The van der Waals surface area contributed by atoms with Crippen LogP contribution in [0.15, 0.2) is 17.2 Å². The van der Waals surface area contributed by atoms with Gasteiger partial charge in [-0.2, -0.15) is 4.31 Å². The van der Waals surface area contributed by atoms with Crippen LogP contribution < -0.4 is 5.32 Å². The highest BCUT2D eigenvalue weighted by atomic mass is 35.5. The average molecular weight is 338 g/mol. The van der Waals surface area contributed by atoms with E-state index in [1.165, 1.54) is 26.4 Å². The molecule has 21 heavy (non-hydrogen) atoms. The topological polar surface area (TPSA) is 91.8 Å². The summed E-state index contributed by atoms with van der Waals surface area (Å²) >= 11 is 6.00. The number of likely N-dealkylation sites (N-methyl/N-ethyl adjacent to an activating group) is 1. The van der Waals surface area contributed by atoms with E-state index in [4.69, 9.17) is 16.3 Å². The normalized spacial score (nSPS) is 13.4. The summed E-state index contributed by atoms with van der Waals surface area (Å²) in [7, 11) is -0.957. The van der Waals surface area contributed by atoms with Gasteiger partial charge < -0.3 is 15.2 Å². The monoisotopic (exact) mass is 337 g/mol. The van der Waals surface area contributed by atoms with E-state index in [0.29, 0.717) is 12.4 Å². The summed E-state index contributed by atoms with van der Waals surface area (Å²) < 4.78 is 30.5. The van der Waals surface area contributed by atoms with Gasteiger partial charge in [0.1, 0.15) is 10.7 Å². The van der Waals surface area contributed by atoms with Crippen LogP contribution in [0, 0.1) is 0 Å². The van der Waals surface area contributed by atoms with Gasteiger partial charge >= 0.3 is 0 Å². The SMILES string of the molecule is CCNc1ncc(S(=O)(=O)N(C)CC(O)COC)cc1Cl. The van der Waals surface area contributed by atoms with Crippen molar-refractivity contribution in [3.63, 3.8) is 0 Å². The number of aromatic nitrogens is 1. The maximum atomic E-state index is 12.3. The van der Waals surface area contributed by atoms with E-state index in [0.717, 1.165) is 4.31 Å². The molecule has 0 amide bonds. The van der Waals surface area contributed by atoms with Gasteiger partial charge in [-0.3, -0.25) is 0 Å². The molecule has 0 aliphatic heterocycles. The lowest BCUT2D eigenvalue weighted by Gasteiger charge is -2.20. The van der Waals surface area contributed by atoms with Crippen molar-refractivity contribution in [1.29, 1.82) is 0 Å². The number of methoxy groups -OCH3 is 1. The van der Waals surface area contributed by atoms with E-state index in [1.54, 1.807) is 0 Å². The second-order valence-electron chi connectivity index (χ2n) is 4.43. The maximum Gasteiger partial charge on any atom is 0.244 e. The van der Waals surface area contributed by atoms with Crippen molar-refractivity contribution >= 4 is 27.4 Å². The van der Waals surface area contributed by atoms with Gasteiger partial charge in [0.25, 0.3) is 0 Å². The highest BCUT2D eigenvalue weighted by Gasteiger charge is 2.24. The van der Waals surface area contributed by atoms with Crippen LogP contribution in [0.4, 0.5) is 5.82 Å². The summed E-state index contributed by atoms with van der Waals surface area (Å²) in [5.74, 6) is 0.431. The molecule has 2 N–H and O–H groups in total. The number of ether oxygens (including phenoxy) is 1. The van der Waals surface area contributed by atoms with Crippen LogP contribution in [-0.2, 0) is 14.8 Å². The Balaban J connectivity index is 2.94. The summed E-state index contributed by atoms with van der Waals surface area (Å²) in [5, 5.41) is 12.8. The largest absolute Gasteiger partial charge is 0.389 e. The third kappa shape index (κ3) is 4.79. The molecule has 1 aromatic rings. The van der Waals surface area contributed by atoms with E-state index in [9.17, 15) is 13.5 Å². The lowest BCUT2D eigenvalue weighted by Crippen LogP contribution is -2.36. The van der Waals surface area contributed by atoms with Crippen LogP contribution in [0.5, 0.6) is 0 Å². The molecule has 0 aromatic carbocycles. The van der Waals surface area contributed by atoms with E-state index < -0.39 is 16.1 Å². The predicted molar refractivity (Wildman–Crippen MR) is 81.1 cm³/mol. The first-order chi connectivity index (χ1) is 9.82. The zero-order valence-electron chi connectivity index (χ0n) is 12.2. The van der Waals surface area contributed by atoms with Crippen molar-refractivity contribution < 1.29 is 18.3 Å². The van der Waals surface area contributed by atoms with Crippen LogP contribution in [0.2, 0.25) is 5.02 Å². The van der Waals surface area contributed by atoms with Crippen LogP contribution in [0.25, 0.3) is 0 Å². The van der Waals surface area contributed by atoms with Gasteiger partial charge in [-0.05, 0) is 13.0 Å². The van der Waals surface area contributed by atoms with Crippen molar-refractivity contribution in [2.45, 2.75) is 17.9 Å². The molecule has 1 heterocycles. The van der Waals surface area contributed by atoms with E-state index >= 15 is 0 Å². The average Bonchev–Trinajstić information content (AvgIpc) is 2.41. The summed E-state index contributed by atoms with van der Waals surface area (Å²) in [6, 6.07) is 1.33. The van der Waals surface area contributed by atoms with Gasteiger partial charge in [0, 0.05) is 33.4 Å². The first-order valence-corrected chi connectivity index (χ1v) is 8.17. The lowest BCUT2D eigenvalue weighted by atomic mass is 10.4. The zero-order valence-corrected chi connectivity index (χ0v) is 13.8. The van der Waals surface area contributed by atoms with Crippen LogP contribution in [-0.4, -0.2) is 62.8 Å². The Morgan fingerprint density at radius 3 is 2.76 bits per heavy atom. The fourth-order valence-electron chi connectivity index (χ4n) is 1.68. The smallest absolute Gasteiger partial charge is 0.244 e. The molecule has 0 spiro atoms. The number of halogens is 1. The minimum absolute atomic E-state index is 0.0266. The minimum atomic E-state index is -3.76. The van der Waals surface area contributed by atoms with Gasteiger partial charge in [-0.1, -0.05) is 11.6 Å². The van der Waals surface area contributed by atoms with Gasteiger partial charge in [-0.15, -0.1) is 0 Å². The molecule has 1 unspecified atom stereocenters. The number of rotatable bonds is 8. The number of sulfonamides is 1. The fourth-order valence-corrected chi connectivity index (χ4v) is 3.16. The van der Waals surface area contributed by atoms with E-state index in [1.807, 2.05) is 6.92 Å². The first-order valence-electron chi connectivity index (χ1n) is 6.35. The van der Waals surface area contributed by atoms with E-state index in [2.05, 4.69) is 10.3 Å². The Bertz CT molecular complexity index is 568. The Kier molecular flexibility index (Phi) is 6.82. The van der Waals surface area contributed by atoms with Gasteiger partial charge in [0.05, 0.1) is 17.7 Å². The number of aliphatic hydroxyl groups is 1. The Morgan fingerprint density at radius 2 is 2.24 bits per heavy atom. The Hall–Kier alpha value is -0.930. The molecule has 0 aliphatic rings. The Morgan fingerprint density at radius 1 is 1.57 bits per heavy atom. The fraction of sp³-hybridized carbons (Fsp3) is 0.583. The van der Waals surface area contributed by atoms with Gasteiger partial charge in [0.2, 0.25) is 10.0 Å². The molecular weight excluding hydrogens is 318 g/mol. The van der Waals surface area contributed by atoms with Crippen LogP contribution in [0.1, 0.15) is 6.92 Å². The summed E-state index contributed by atoms with van der Waals surface area (Å²) in [5.41, 5.74) is 0. The number of pyridine rings is 1. The zero-order chi connectivity index (χ0) is 16.0. The molecule has 1 aromatic heterocycles. The maximum absolute atomic E-state index is 12.3. The number of nitrogens with zero attached hydrogens (tertiary/aromatic N) is 2. The number of aliphatic hydroxyl groups excluding tert-OH is 1. The lowest BCUT2D eigenvalue weighted by molar-refractivity contribution is 0.0554. The standard InChI is InChI=1S/C12H20ClN3O4S/c1-4-14-12-11(13)5-10(6-15-12)21(18,19)16(2)7-9(17)8-20-3/h5-6,9,17H,4,7-8H2,1-3H3,(H,14,15). The number of hydrogen-bond acceptors (Lipinski definition) is 6. The summed E-state index contributed by atoms with van der Waals surface area (Å²) in [6.45, 7) is 2.48. The summed E-state index contributed by atoms with van der Waals surface area (Å²) in [6.07, 6.45) is 0.331. The minimum Gasteiger partial charge on any atom is -0.389 e. The van der Waals surface area contributed by atoms with Crippen molar-refractivity contribution in [2.75, 3.05) is 39.2 Å². The highest BCUT2D eigenvalue weighted by molar-refractivity contribution is 7.89. The highest BCUT2D eigenvalue weighted by Crippen LogP contribution is 2.24. The second-order valence-corrected chi connectivity index (χ2v) is 6.88. The molecule has 120 valence electrons. The molecule has 0 saturated heterocycles. The first kappa shape index (κ1) is 18.1.